The third-order valence-electron chi connectivity index (χ3n) is 2.53. The van der Waals surface area contributed by atoms with Crippen molar-refractivity contribution >= 4 is 28.6 Å². The van der Waals surface area contributed by atoms with Gasteiger partial charge in [0.05, 0.1) is 12.9 Å². The molecule has 3 rings (SSSR count). The summed E-state index contributed by atoms with van der Waals surface area (Å²) in [6, 6.07) is 0.806. The van der Waals surface area contributed by atoms with E-state index in [0.29, 0.717) is 17.0 Å². The molecule has 21 heavy (non-hydrogen) atoms. The van der Waals surface area contributed by atoms with Crippen molar-refractivity contribution in [3.05, 3.63) is 29.1 Å². The fourth-order valence-electron chi connectivity index (χ4n) is 1.64. The molecular formula is C10H6ClF3N6O. The summed E-state index contributed by atoms with van der Waals surface area (Å²) in [5, 5.41) is 6.09. The summed E-state index contributed by atoms with van der Waals surface area (Å²) >= 11 is 5.73. The van der Waals surface area contributed by atoms with Gasteiger partial charge in [-0.15, -0.1) is 0 Å². The van der Waals surface area contributed by atoms with Crippen LogP contribution in [0.3, 0.4) is 0 Å². The van der Waals surface area contributed by atoms with E-state index in [9.17, 15) is 13.2 Å². The van der Waals surface area contributed by atoms with Crippen LogP contribution < -0.4 is 5.32 Å². The predicted octanol–water partition coefficient (Wildman–Crippen LogP) is 2.63. The number of aromatic amines is 1. The van der Waals surface area contributed by atoms with Gasteiger partial charge < -0.3 is 14.8 Å². The van der Waals surface area contributed by atoms with Crippen molar-refractivity contribution in [2.75, 3.05) is 5.32 Å². The van der Waals surface area contributed by atoms with Crippen LogP contribution in [-0.2, 0) is 12.7 Å². The molecule has 0 saturated heterocycles. The number of H-pyrrole nitrogens is 1. The Balaban J connectivity index is 1.80. The second-order valence-corrected chi connectivity index (χ2v) is 4.31. The molecule has 3 heterocycles. The largest absolute Gasteiger partial charge is 0.452 e. The summed E-state index contributed by atoms with van der Waals surface area (Å²) in [5.74, 6) is -0.856. The van der Waals surface area contributed by atoms with Crippen molar-refractivity contribution in [1.82, 2.24) is 25.1 Å². The first kappa shape index (κ1) is 13.6. The SMILES string of the molecule is FC(F)(F)c1cc(CNc2nc(Cl)nc3nc[nH]c23)no1. The van der Waals surface area contributed by atoms with E-state index in [2.05, 4.69) is 34.9 Å². The number of hydrogen-bond acceptors (Lipinski definition) is 6. The number of nitrogens with zero attached hydrogens (tertiary/aromatic N) is 4. The molecule has 0 unspecified atom stereocenters. The van der Waals surface area contributed by atoms with Gasteiger partial charge in [-0.1, -0.05) is 5.16 Å². The van der Waals surface area contributed by atoms with E-state index < -0.39 is 11.9 Å². The number of imidazole rings is 1. The Morgan fingerprint density at radius 1 is 1.33 bits per heavy atom. The Bertz CT molecular complexity index is 783. The Kier molecular flexibility index (Phi) is 3.16. The lowest BCUT2D eigenvalue weighted by Crippen LogP contribution is -2.04. The number of fused-ring (bicyclic) bond motifs is 1. The van der Waals surface area contributed by atoms with Crippen molar-refractivity contribution < 1.29 is 17.7 Å². The Hall–Kier alpha value is -2.36. The number of halogens is 4. The van der Waals surface area contributed by atoms with E-state index in [1.165, 1.54) is 6.33 Å². The van der Waals surface area contributed by atoms with Gasteiger partial charge in [0, 0.05) is 6.07 Å². The molecule has 3 aromatic heterocycles. The van der Waals surface area contributed by atoms with E-state index in [0.717, 1.165) is 6.07 Å². The highest BCUT2D eigenvalue weighted by molar-refractivity contribution is 6.28. The zero-order valence-electron chi connectivity index (χ0n) is 10.1. The van der Waals surface area contributed by atoms with E-state index in [1.54, 1.807) is 0 Å². The van der Waals surface area contributed by atoms with Gasteiger partial charge in [-0.2, -0.15) is 23.1 Å². The summed E-state index contributed by atoms with van der Waals surface area (Å²) in [5.41, 5.74) is 0.900. The summed E-state index contributed by atoms with van der Waals surface area (Å²) in [7, 11) is 0. The second-order valence-electron chi connectivity index (χ2n) is 3.98. The average molecular weight is 319 g/mol. The normalized spacial score (nSPS) is 12.0. The van der Waals surface area contributed by atoms with Crippen molar-refractivity contribution in [1.29, 1.82) is 0 Å². The fourth-order valence-corrected chi connectivity index (χ4v) is 1.80. The van der Waals surface area contributed by atoms with Gasteiger partial charge in [-0.25, -0.2) is 4.98 Å². The molecule has 0 spiro atoms. The number of nitrogens with one attached hydrogen (secondary N) is 2. The van der Waals surface area contributed by atoms with Gasteiger partial charge in [-0.05, 0) is 11.6 Å². The van der Waals surface area contributed by atoms with Crippen LogP contribution in [0.5, 0.6) is 0 Å². The monoisotopic (exact) mass is 318 g/mol. The predicted molar refractivity (Wildman–Crippen MR) is 65.5 cm³/mol. The second kappa shape index (κ2) is 4.88. The number of rotatable bonds is 3. The third-order valence-corrected chi connectivity index (χ3v) is 2.70. The first-order valence-electron chi connectivity index (χ1n) is 5.57. The van der Waals surface area contributed by atoms with Crippen LogP contribution in [0.4, 0.5) is 19.0 Å². The molecule has 7 nitrogen and oxygen atoms in total. The molecule has 0 aromatic carbocycles. The van der Waals surface area contributed by atoms with Crippen LogP contribution in [-0.4, -0.2) is 25.1 Å². The minimum absolute atomic E-state index is 0.0267. The van der Waals surface area contributed by atoms with Crippen molar-refractivity contribution in [3.63, 3.8) is 0 Å². The molecule has 0 aliphatic carbocycles. The Morgan fingerprint density at radius 2 is 2.14 bits per heavy atom. The zero-order chi connectivity index (χ0) is 15.0. The third kappa shape index (κ3) is 2.75. The van der Waals surface area contributed by atoms with Gasteiger partial charge in [0.2, 0.25) is 11.0 Å². The highest BCUT2D eigenvalue weighted by Gasteiger charge is 2.36. The van der Waals surface area contributed by atoms with Gasteiger partial charge in [0.25, 0.3) is 0 Å². The first-order valence-corrected chi connectivity index (χ1v) is 5.94. The maximum atomic E-state index is 12.4. The summed E-state index contributed by atoms with van der Waals surface area (Å²) in [6.45, 7) is -0.0267. The molecule has 0 atom stereocenters. The minimum atomic E-state index is -4.57. The minimum Gasteiger partial charge on any atom is -0.362 e. The molecule has 110 valence electrons. The molecule has 11 heteroatoms. The maximum absolute atomic E-state index is 12.4. The molecule has 0 aliphatic rings. The molecule has 0 aliphatic heterocycles. The number of anilines is 1. The van der Waals surface area contributed by atoms with Crippen LogP contribution in [0, 0.1) is 0 Å². The molecular weight excluding hydrogens is 313 g/mol. The highest BCUT2D eigenvalue weighted by atomic mass is 35.5. The average Bonchev–Trinajstić information content (AvgIpc) is 3.03. The van der Waals surface area contributed by atoms with Crippen LogP contribution in [0.1, 0.15) is 11.5 Å². The van der Waals surface area contributed by atoms with Crippen LogP contribution in [0.2, 0.25) is 5.28 Å². The van der Waals surface area contributed by atoms with Crippen molar-refractivity contribution in [3.8, 4) is 0 Å². The molecule has 0 fully saturated rings. The Labute approximate surface area is 119 Å². The van der Waals surface area contributed by atoms with Crippen molar-refractivity contribution in [2.45, 2.75) is 12.7 Å². The van der Waals surface area contributed by atoms with Gasteiger partial charge in [0.1, 0.15) is 11.2 Å². The lowest BCUT2D eigenvalue weighted by atomic mass is 10.3. The summed E-state index contributed by atoms with van der Waals surface area (Å²) in [4.78, 5) is 14.5. The van der Waals surface area contributed by atoms with E-state index in [-0.39, 0.29) is 17.5 Å². The first-order chi connectivity index (χ1) is 9.93. The smallest absolute Gasteiger partial charge is 0.362 e. The van der Waals surface area contributed by atoms with E-state index in [4.69, 9.17) is 11.6 Å². The molecule has 0 saturated carbocycles. The van der Waals surface area contributed by atoms with Gasteiger partial charge in [-0.3, -0.25) is 0 Å². The Morgan fingerprint density at radius 3 is 2.86 bits per heavy atom. The van der Waals surface area contributed by atoms with Crippen LogP contribution in [0.15, 0.2) is 16.9 Å². The van der Waals surface area contributed by atoms with E-state index in [1.807, 2.05) is 0 Å². The summed E-state index contributed by atoms with van der Waals surface area (Å²) < 4.78 is 41.4. The fraction of sp³-hybridized carbons (Fsp3) is 0.200. The quantitative estimate of drug-likeness (QED) is 0.721. The number of hydrogen-bond donors (Lipinski definition) is 2. The van der Waals surface area contributed by atoms with E-state index >= 15 is 0 Å². The molecule has 0 bridgehead atoms. The van der Waals surface area contributed by atoms with Gasteiger partial charge >= 0.3 is 6.18 Å². The molecule has 2 N–H and O–H groups in total. The lowest BCUT2D eigenvalue weighted by Gasteiger charge is -2.04. The van der Waals surface area contributed by atoms with Crippen molar-refractivity contribution in [2.24, 2.45) is 0 Å². The zero-order valence-corrected chi connectivity index (χ0v) is 10.8. The summed E-state index contributed by atoms with van der Waals surface area (Å²) in [6.07, 6.45) is -3.17. The number of alkyl halides is 3. The van der Waals surface area contributed by atoms with Gasteiger partial charge in [0.15, 0.2) is 11.5 Å². The number of aromatic nitrogens is 5. The highest BCUT2D eigenvalue weighted by Crippen LogP contribution is 2.29. The molecule has 3 aromatic rings. The maximum Gasteiger partial charge on any atom is 0.452 e. The van der Waals surface area contributed by atoms with Crippen LogP contribution in [0.25, 0.3) is 11.2 Å². The lowest BCUT2D eigenvalue weighted by molar-refractivity contribution is -0.155. The van der Waals surface area contributed by atoms with Crippen LogP contribution >= 0.6 is 11.6 Å². The molecule has 0 radical (unpaired) electrons. The topological polar surface area (TPSA) is 92.5 Å². The standard InChI is InChI=1S/C10H6ClF3N6O/c11-9-18-7(6-8(19-9)17-3-16-6)15-2-4-1-5(21-20-4)10(12,13)14/h1,3H,2H2,(H2,15,16,17,18,19). The molecule has 0 amide bonds.